The van der Waals surface area contributed by atoms with Crippen LogP contribution in [0.1, 0.15) is 13.3 Å². The molecule has 8 heteroatoms. The maximum Gasteiger partial charge on any atom is 0.231 e. The first-order valence-electron chi connectivity index (χ1n) is 9.29. The first-order valence-corrected chi connectivity index (χ1v) is 10.2. The van der Waals surface area contributed by atoms with Crippen LogP contribution in [0.3, 0.4) is 0 Å². The molecule has 0 saturated carbocycles. The van der Waals surface area contributed by atoms with Gasteiger partial charge in [-0.1, -0.05) is 13.0 Å². The van der Waals surface area contributed by atoms with Gasteiger partial charge < -0.3 is 19.5 Å². The van der Waals surface area contributed by atoms with Gasteiger partial charge >= 0.3 is 0 Å². The number of aromatic nitrogens is 3. The zero-order valence-corrected chi connectivity index (χ0v) is 16.2. The molecule has 2 aromatic heterocycles. The fourth-order valence-electron chi connectivity index (χ4n) is 3.62. The van der Waals surface area contributed by atoms with E-state index in [1.54, 1.807) is 17.5 Å². The molecule has 144 valence electrons. The Morgan fingerprint density at radius 1 is 1.21 bits per heavy atom. The van der Waals surface area contributed by atoms with Gasteiger partial charge in [-0.3, -0.25) is 0 Å². The van der Waals surface area contributed by atoms with Gasteiger partial charge in [0.1, 0.15) is 10.7 Å². The topological polar surface area (TPSA) is 80.6 Å². The number of rotatable bonds is 3. The zero-order valence-electron chi connectivity index (χ0n) is 15.4. The van der Waals surface area contributed by atoms with E-state index in [0.29, 0.717) is 5.95 Å². The highest BCUT2D eigenvalue weighted by Gasteiger charge is 2.27. The third-order valence-corrected chi connectivity index (χ3v) is 6.02. The lowest BCUT2D eigenvalue weighted by molar-refractivity contribution is 0.0966. The number of hydrogen-bond acceptors (Lipinski definition) is 8. The van der Waals surface area contributed by atoms with Crippen LogP contribution < -0.4 is 14.4 Å². The average molecular weight is 396 g/mol. The van der Waals surface area contributed by atoms with Gasteiger partial charge in [-0.25, -0.2) is 15.0 Å². The van der Waals surface area contributed by atoms with Gasteiger partial charge in [0.05, 0.1) is 6.10 Å². The lowest BCUT2D eigenvalue weighted by Gasteiger charge is -2.34. The summed E-state index contributed by atoms with van der Waals surface area (Å²) >= 11 is 1.55. The molecule has 2 aliphatic rings. The first kappa shape index (κ1) is 17.4. The molecule has 0 radical (unpaired) electrons. The Hall–Kier alpha value is -2.71. The Kier molecular flexibility index (Phi) is 4.37. The van der Waals surface area contributed by atoms with Crippen molar-refractivity contribution in [3.8, 4) is 33.3 Å². The van der Waals surface area contributed by atoms with Crippen LogP contribution in [-0.2, 0) is 0 Å². The lowest BCUT2D eigenvalue weighted by atomic mass is 9.97. The maximum absolute atomic E-state index is 10.0. The predicted molar refractivity (Wildman–Crippen MR) is 107 cm³/mol. The smallest absolute Gasteiger partial charge is 0.231 e. The Bertz CT molecular complexity index is 995. The van der Waals surface area contributed by atoms with Gasteiger partial charge in [0.25, 0.3) is 0 Å². The molecule has 28 heavy (non-hydrogen) atoms. The number of aliphatic hydroxyl groups excluding tert-OH is 1. The molecule has 3 aromatic rings. The van der Waals surface area contributed by atoms with Crippen molar-refractivity contribution in [3.63, 3.8) is 0 Å². The Morgan fingerprint density at radius 3 is 2.93 bits per heavy atom. The van der Waals surface area contributed by atoms with E-state index in [9.17, 15) is 5.11 Å². The van der Waals surface area contributed by atoms with Crippen LogP contribution in [0.4, 0.5) is 5.95 Å². The van der Waals surface area contributed by atoms with Gasteiger partial charge in [0.2, 0.25) is 12.7 Å². The maximum atomic E-state index is 10.0. The fraction of sp³-hybridized carbons (Fsp3) is 0.350. The van der Waals surface area contributed by atoms with Gasteiger partial charge in [-0.05, 0) is 30.0 Å². The van der Waals surface area contributed by atoms with Crippen molar-refractivity contribution >= 4 is 17.3 Å². The van der Waals surface area contributed by atoms with Crippen LogP contribution in [0.25, 0.3) is 21.8 Å². The highest BCUT2D eigenvalue weighted by Crippen LogP contribution is 2.39. The van der Waals surface area contributed by atoms with Gasteiger partial charge in [-0.2, -0.15) is 0 Å². The normalized spacial score (nSPS) is 21.1. The SMILES string of the molecule is CC1CN(c2ncc(-c3ccc4c(c3)OCO4)c(-c3nccs3)n2)CCC1O. The van der Waals surface area contributed by atoms with Crippen molar-refractivity contribution in [2.45, 2.75) is 19.4 Å². The number of benzene rings is 1. The highest BCUT2D eigenvalue weighted by atomic mass is 32.1. The minimum absolute atomic E-state index is 0.189. The van der Waals surface area contributed by atoms with E-state index in [-0.39, 0.29) is 18.8 Å². The molecule has 1 fully saturated rings. The molecule has 7 nitrogen and oxygen atoms in total. The predicted octanol–water partition coefficient (Wildman–Crippen LogP) is 3.20. The standard InChI is InChI=1S/C20H20N4O3S/c1-12-10-24(6-4-15(12)25)20-22-9-14(18(23-20)19-21-5-7-28-19)13-2-3-16-17(8-13)27-11-26-16/h2-3,5,7-9,12,15,25H,4,6,10-11H2,1H3. The Labute approximate surface area is 166 Å². The molecule has 0 amide bonds. The second kappa shape index (κ2) is 7.03. The van der Waals surface area contributed by atoms with Crippen molar-refractivity contribution in [2.75, 3.05) is 24.8 Å². The number of thiazole rings is 1. The van der Waals surface area contributed by atoms with Gasteiger partial charge in [0.15, 0.2) is 11.5 Å². The summed E-state index contributed by atoms with van der Waals surface area (Å²) < 4.78 is 10.9. The molecule has 1 aromatic carbocycles. The monoisotopic (exact) mass is 396 g/mol. The molecule has 2 aliphatic heterocycles. The number of anilines is 1. The van der Waals surface area contributed by atoms with Gasteiger partial charge in [-0.15, -0.1) is 11.3 Å². The van der Waals surface area contributed by atoms with Crippen LogP contribution in [0.5, 0.6) is 11.5 Å². The van der Waals surface area contributed by atoms with E-state index in [1.807, 2.05) is 29.8 Å². The number of nitrogens with zero attached hydrogens (tertiary/aromatic N) is 4. The van der Waals surface area contributed by atoms with Crippen LogP contribution in [0, 0.1) is 5.92 Å². The number of aliphatic hydroxyl groups is 1. The molecule has 0 spiro atoms. The summed E-state index contributed by atoms with van der Waals surface area (Å²) in [6.45, 7) is 3.78. The quantitative estimate of drug-likeness (QED) is 0.728. The molecule has 1 N–H and O–H groups in total. The first-order chi connectivity index (χ1) is 13.7. The number of hydrogen-bond donors (Lipinski definition) is 1. The van der Waals surface area contributed by atoms with E-state index < -0.39 is 0 Å². The summed E-state index contributed by atoms with van der Waals surface area (Å²) in [7, 11) is 0. The Morgan fingerprint density at radius 2 is 2.11 bits per heavy atom. The van der Waals surface area contributed by atoms with Crippen LogP contribution in [-0.4, -0.2) is 46.0 Å². The molecule has 2 atom stereocenters. The largest absolute Gasteiger partial charge is 0.454 e. The van der Waals surface area contributed by atoms with Crippen molar-refractivity contribution in [3.05, 3.63) is 36.0 Å². The van der Waals surface area contributed by atoms with E-state index in [2.05, 4.69) is 21.8 Å². The van der Waals surface area contributed by atoms with Crippen molar-refractivity contribution in [2.24, 2.45) is 5.92 Å². The van der Waals surface area contributed by atoms with Crippen molar-refractivity contribution in [1.82, 2.24) is 15.0 Å². The number of fused-ring (bicyclic) bond motifs is 1. The molecule has 2 unspecified atom stereocenters. The van der Waals surface area contributed by atoms with E-state index >= 15 is 0 Å². The summed E-state index contributed by atoms with van der Waals surface area (Å²) in [6.07, 6.45) is 4.10. The van der Waals surface area contributed by atoms with Crippen LogP contribution in [0.15, 0.2) is 36.0 Å². The molecule has 1 saturated heterocycles. The van der Waals surface area contributed by atoms with E-state index in [0.717, 1.165) is 52.8 Å². The van der Waals surface area contributed by atoms with Crippen LogP contribution >= 0.6 is 11.3 Å². The minimum atomic E-state index is -0.261. The number of ether oxygens (including phenoxy) is 2. The van der Waals surface area contributed by atoms with E-state index in [1.165, 1.54) is 0 Å². The minimum Gasteiger partial charge on any atom is -0.454 e. The summed E-state index contributed by atoms with van der Waals surface area (Å²) in [6, 6.07) is 5.85. The second-order valence-electron chi connectivity index (χ2n) is 7.12. The third kappa shape index (κ3) is 3.08. The highest BCUT2D eigenvalue weighted by molar-refractivity contribution is 7.13. The molecule has 5 rings (SSSR count). The lowest BCUT2D eigenvalue weighted by Crippen LogP contribution is -2.42. The summed E-state index contributed by atoms with van der Waals surface area (Å²) in [4.78, 5) is 16.1. The Balaban J connectivity index is 1.56. The molecular weight excluding hydrogens is 376 g/mol. The zero-order chi connectivity index (χ0) is 19.1. The summed E-state index contributed by atoms with van der Waals surface area (Å²) in [5, 5.41) is 12.8. The molecule has 4 heterocycles. The molecular formula is C20H20N4O3S. The van der Waals surface area contributed by atoms with Crippen LogP contribution in [0.2, 0.25) is 0 Å². The molecule has 0 bridgehead atoms. The van der Waals surface area contributed by atoms with Crippen molar-refractivity contribution < 1.29 is 14.6 Å². The molecule has 0 aliphatic carbocycles. The second-order valence-corrected chi connectivity index (χ2v) is 8.01. The number of piperidine rings is 1. The summed E-state index contributed by atoms with van der Waals surface area (Å²) in [5.74, 6) is 2.34. The average Bonchev–Trinajstić information content (AvgIpc) is 3.41. The van der Waals surface area contributed by atoms with Gasteiger partial charge in [0, 0.05) is 36.4 Å². The summed E-state index contributed by atoms with van der Waals surface area (Å²) in [5.41, 5.74) is 2.67. The van der Waals surface area contributed by atoms with E-state index in [4.69, 9.17) is 14.5 Å². The van der Waals surface area contributed by atoms with Crippen molar-refractivity contribution in [1.29, 1.82) is 0 Å². The fourth-order valence-corrected chi connectivity index (χ4v) is 4.26. The third-order valence-electron chi connectivity index (χ3n) is 5.24.